The molecule has 0 radical (unpaired) electrons. The van der Waals surface area contributed by atoms with Gasteiger partial charge in [0.15, 0.2) is 5.69 Å². The fraction of sp³-hybridized carbons (Fsp3) is 0.692. The first-order valence-corrected chi connectivity index (χ1v) is 6.77. The molecule has 2 unspecified atom stereocenters. The summed E-state index contributed by atoms with van der Waals surface area (Å²) in [5.74, 6) is 0.648. The van der Waals surface area contributed by atoms with Gasteiger partial charge in [-0.05, 0) is 25.7 Å². The first-order chi connectivity index (χ1) is 8.74. The summed E-state index contributed by atoms with van der Waals surface area (Å²) < 4.78 is 5.06. The predicted octanol–water partition coefficient (Wildman–Crippen LogP) is 1.25. The van der Waals surface area contributed by atoms with Crippen LogP contribution in [0, 0.1) is 0 Å². The summed E-state index contributed by atoms with van der Waals surface area (Å²) in [7, 11) is 0. The fourth-order valence-corrected chi connectivity index (χ4v) is 3.02. The summed E-state index contributed by atoms with van der Waals surface area (Å²) in [5, 5.41) is 10.4. The van der Waals surface area contributed by atoms with Crippen LogP contribution in [0.1, 0.15) is 48.9 Å². The topological polar surface area (TPSA) is 67.2 Å². The Hall–Kier alpha value is -1.36. The second kappa shape index (κ2) is 4.72. The number of carbonyl (C=O) groups excluding carboxylic acids is 1. The van der Waals surface area contributed by atoms with Crippen LogP contribution in [0.2, 0.25) is 0 Å². The number of hydrogen-bond acceptors (Lipinski definition) is 4. The Labute approximate surface area is 106 Å². The number of aromatic nitrogens is 1. The summed E-state index contributed by atoms with van der Waals surface area (Å²) in [6, 6.07) is 3.17. The van der Waals surface area contributed by atoms with E-state index >= 15 is 0 Å². The minimum Gasteiger partial charge on any atom is -0.361 e. The van der Waals surface area contributed by atoms with Crippen LogP contribution in [-0.2, 0) is 6.42 Å². The van der Waals surface area contributed by atoms with Crippen LogP contribution < -0.4 is 10.6 Å². The number of piperidine rings is 1. The molecule has 0 aromatic carbocycles. The molecule has 1 aromatic rings. The number of amides is 1. The normalized spacial score (nSPS) is 30.4. The number of nitrogens with one attached hydrogen (secondary N) is 2. The minimum atomic E-state index is -0.107. The van der Waals surface area contributed by atoms with Crippen LogP contribution in [0.3, 0.4) is 0 Å². The summed E-state index contributed by atoms with van der Waals surface area (Å²) in [5.41, 5.74) is 0.401. The predicted molar refractivity (Wildman–Crippen MR) is 66.3 cm³/mol. The van der Waals surface area contributed by atoms with Crippen LogP contribution in [0.5, 0.6) is 0 Å². The van der Waals surface area contributed by atoms with Crippen LogP contribution in [-0.4, -0.2) is 29.2 Å². The van der Waals surface area contributed by atoms with Crippen molar-refractivity contribution >= 4 is 5.91 Å². The van der Waals surface area contributed by atoms with E-state index in [-0.39, 0.29) is 11.9 Å². The molecule has 2 bridgehead atoms. The van der Waals surface area contributed by atoms with E-state index < -0.39 is 0 Å². The molecule has 3 rings (SSSR count). The highest BCUT2D eigenvalue weighted by molar-refractivity contribution is 5.92. The van der Waals surface area contributed by atoms with Crippen molar-refractivity contribution < 1.29 is 9.32 Å². The van der Waals surface area contributed by atoms with Gasteiger partial charge in [0.05, 0.1) is 0 Å². The number of nitrogens with zero attached hydrogens (tertiary/aromatic N) is 1. The molecular formula is C13H19N3O2. The molecule has 18 heavy (non-hydrogen) atoms. The van der Waals surface area contributed by atoms with E-state index in [0.717, 1.165) is 25.0 Å². The van der Waals surface area contributed by atoms with Gasteiger partial charge in [-0.1, -0.05) is 12.1 Å². The zero-order chi connectivity index (χ0) is 12.5. The molecule has 2 saturated heterocycles. The molecule has 5 nitrogen and oxygen atoms in total. The van der Waals surface area contributed by atoms with E-state index in [2.05, 4.69) is 15.8 Å². The Balaban J connectivity index is 1.60. The van der Waals surface area contributed by atoms with Gasteiger partial charge in [-0.3, -0.25) is 4.79 Å². The third kappa shape index (κ3) is 2.27. The lowest BCUT2D eigenvalue weighted by Gasteiger charge is -2.29. The molecule has 3 heterocycles. The zero-order valence-electron chi connectivity index (χ0n) is 10.6. The average Bonchev–Trinajstić information content (AvgIpc) is 2.96. The molecule has 2 N–H and O–H groups in total. The largest absolute Gasteiger partial charge is 0.361 e. The minimum absolute atomic E-state index is 0.107. The number of rotatable bonds is 3. The van der Waals surface area contributed by atoms with Crippen LogP contribution in [0.25, 0.3) is 0 Å². The maximum Gasteiger partial charge on any atom is 0.273 e. The first kappa shape index (κ1) is 11.7. The summed E-state index contributed by atoms with van der Waals surface area (Å²) in [4.78, 5) is 12.0. The maximum atomic E-state index is 12.0. The second-order valence-corrected chi connectivity index (χ2v) is 5.31. The van der Waals surface area contributed by atoms with E-state index in [9.17, 15) is 4.79 Å². The Morgan fingerprint density at radius 2 is 2.22 bits per heavy atom. The summed E-state index contributed by atoms with van der Waals surface area (Å²) in [6.07, 6.45) is 5.29. The quantitative estimate of drug-likeness (QED) is 0.846. The van der Waals surface area contributed by atoms with Gasteiger partial charge in [-0.25, -0.2) is 0 Å². The van der Waals surface area contributed by atoms with E-state index in [1.54, 1.807) is 6.07 Å². The smallest absolute Gasteiger partial charge is 0.273 e. The van der Waals surface area contributed by atoms with E-state index in [1.807, 2.05) is 6.92 Å². The zero-order valence-corrected chi connectivity index (χ0v) is 10.6. The lowest BCUT2D eigenvalue weighted by Crippen LogP contribution is -2.48. The Morgan fingerprint density at radius 1 is 1.50 bits per heavy atom. The highest BCUT2D eigenvalue weighted by Crippen LogP contribution is 2.26. The molecule has 2 fully saturated rings. The highest BCUT2D eigenvalue weighted by atomic mass is 16.5. The molecular weight excluding hydrogens is 230 g/mol. The molecule has 0 spiro atoms. The molecule has 2 aliphatic heterocycles. The van der Waals surface area contributed by atoms with Crippen molar-refractivity contribution in [3.05, 3.63) is 17.5 Å². The van der Waals surface area contributed by atoms with Crippen molar-refractivity contribution in [2.24, 2.45) is 0 Å². The second-order valence-electron chi connectivity index (χ2n) is 5.31. The Morgan fingerprint density at radius 3 is 2.83 bits per heavy atom. The van der Waals surface area contributed by atoms with Gasteiger partial charge in [0.2, 0.25) is 0 Å². The number of aryl methyl sites for hydroxylation is 1. The summed E-state index contributed by atoms with van der Waals surface area (Å²) >= 11 is 0. The van der Waals surface area contributed by atoms with Gasteiger partial charge in [0.25, 0.3) is 5.91 Å². The number of hydrogen-bond donors (Lipinski definition) is 2. The van der Waals surface area contributed by atoms with Gasteiger partial charge >= 0.3 is 0 Å². The molecule has 0 aliphatic carbocycles. The van der Waals surface area contributed by atoms with E-state index in [1.165, 1.54) is 12.8 Å². The van der Waals surface area contributed by atoms with Crippen molar-refractivity contribution in [1.29, 1.82) is 0 Å². The van der Waals surface area contributed by atoms with Crippen molar-refractivity contribution in [1.82, 2.24) is 15.8 Å². The lowest BCUT2D eigenvalue weighted by atomic mass is 10.00. The number of fused-ring (bicyclic) bond motifs is 2. The Kier molecular flexibility index (Phi) is 3.07. The first-order valence-electron chi connectivity index (χ1n) is 6.77. The molecule has 1 amide bonds. The maximum absolute atomic E-state index is 12.0. The molecule has 2 aliphatic rings. The fourth-order valence-electron chi connectivity index (χ4n) is 3.02. The van der Waals surface area contributed by atoms with E-state index in [0.29, 0.717) is 17.8 Å². The van der Waals surface area contributed by atoms with Crippen molar-refractivity contribution in [2.45, 2.75) is 57.2 Å². The SMILES string of the molecule is CCc1cc(C(=O)NC2CC3CCC(C2)N3)no1. The van der Waals surface area contributed by atoms with Gasteiger partial charge < -0.3 is 15.2 Å². The lowest BCUT2D eigenvalue weighted by molar-refractivity contribution is 0.0914. The van der Waals surface area contributed by atoms with Crippen LogP contribution in [0.15, 0.2) is 10.6 Å². The Bertz CT molecular complexity index is 431. The van der Waals surface area contributed by atoms with E-state index in [4.69, 9.17) is 4.52 Å². The summed E-state index contributed by atoms with van der Waals surface area (Å²) in [6.45, 7) is 1.98. The van der Waals surface area contributed by atoms with Gasteiger partial charge in [-0.2, -0.15) is 0 Å². The number of carbonyl (C=O) groups is 1. The third-order valence-corrected chi connectivity index (χ3v) is 3.95. The third-order valence-electron chi connectivity index (χ3n) is 3.95. The molecule has 2 atom stereocenters. The van der Waals surface area contributed by atoms with Crippen molar-refractivity contribution in [2.75, 3.05) is 0 Å². The van der Waals surface area contributed by atoms with Gasteiger partial charge in [0.1, 0.15) is 5.76 Å². The van der Waals surface area contributed by atoms with Gasteiger partial charge in [0, 0.05) is 30.6 Å². The average molecular weight is 249 g/mol. The monoisotopic (exact) mass is 249 g/mol. The van der Waals surface area contributed by atoms with Crippen molar-refractivity contribution in [3.63, 3.8) is 0 Å². The molecule has 98 valence electrons. The van der Waals surface area contributed by atoms with Gasteiger partial charge in [-0.15, -0.1) is 0 Å². The molecule has 1 aromatic heterocycles. The van der Waals surface area contributed by atoms with Crippen LogP contribution in [0.4, 0.5) is 0 Å². The standard InChI is InChI=1S/C13H19N3O2/c1-2-11-7-12(16-18-11)13(17)15-10-5-8-3-4-9(6-10)14-8/h7-10,14H,2-6H2,1H3,(H,15,17). The van der Waals surface area contributed by atoms with Crippen LogP contribution >= 0.6 is 0 Å². The highest BCUT2D eigenvalue weighted by Gasteiger charge is 2.34. The van der Waals surface area contributed by atoms with Crippen molar-refractivity contribution in [3.8, 4) is 0 Å². The molecule has 5 heteroatoms. The molecule has 0 saturated carbocycles.